The molecule has 0 aliphatic heterocycles. The Balaban J connectivity index is 1.64. The number of anilines is 1. The number of carbonyl (C=O) groups is 2. The number of carbonyl (C=O) groups excluding carboxylic acids is 1. The molecule has 7 nitrogen and oxygen atoms in total. The Morgan fingerprint density at radius 1 is 0.875 bits per heavy atom. The number of carboxylic acid groups (broad SMARTS) is 1. The summed E-state index contributed by atoms with van der Waals surface area (Å²) in [5, 5.41) is 14.7. The number of nitrogens with one attached hydrogen (secondary N) is 2. The molecule has 40 heavy (non-hydrogen) atoms. The van der Waals surface area contributed by atoms with Crippen LogP contribution in [0.4, 0.5) is 18.9 Å². The van der Waals surface area contributed by atoms with Crippen molar-refractivity contribution in [3.63, 3.8) is 0 Å². The summed E-state index contributed by atoms with van der Waals surface area (Å²) in [6.45, 7) is 5.27. The predicted molar refractivity (Wildman–Crippen MR) is 146 cm³/mol. The highest BCUT2D eigenvalue weighted by molar-refractivity contribution is 5.94. The maximum absolute atomic E-state index is 12.4. The lowest BCUT2D eigenvalue weighted by molar-refractivity contribution is -0.274. The van der Waals surface area contributed by atoms with Crippen molar-refractivity contribution in [3.05, 3.63) is 83.9 Å². The van der Waals surface area contributed by atoms with Crippen molar-refractivity contribution in [2.75, 3.05) is 25.1 Å². The molecule has 0 aliphatic rings. The molecule has 214 valence electrons. The van der Waals surface area contributed by atoms with Crippen LogP contribution in [0.5, 0.6) is 5.75 Å². The molecule has 3 N–H and O–H groups in total. The van der Waals surface area contributed by atoms with Gasteiger partial charge in [0, 0.05) is 24.4 Å². The lowest BCUT2D eigenvalue weighted by atomic mass is 10.0. The Bertz CT molecular complexity index is 1230. The van der Waals surface area contributed by atoms with Gasteiger partial charge in [-0.1, -0.05) is 50.2 Å². The molecular formula is C30H33F3N2O5. The molecule has 1 atom stereocenters. The molecule has 1 amide bonds. The summed E-state index contributed by atoms with van der Waals surface area (Å²) in [5.41, 5.74) is 3.90. The zero-order valence-electron chi connectivity index (χ0n) is 22.3. The molecule has 0 saturated carbocycles. The van der Waals surface area contributed by atoms with E-state index in [1.807, 2.05) is 24.3 Å². The molecule has 0 radical (unpaired) electrons. The van der Waals surface area contributed by atoms with Crippen LogP contribution in [0.1, 0.15) is 36.2 Å². The second kappa shape index (κ2) is 14.4. The maximum Gasteiger partial charge on any atom is 0.573 e. The zero-order chi connectivity index (χ0) is 29.1. The van der Waals surface area contributed by atoms with Gasteiger partial charge in [-0.25, -0.2) is 0 Å². The van der Waals surface area contributed by atoms with E-state index in [9.17, 15) is 22.8 Å². The van der Waals surface area contributed by atoms with Crippen molar-refractivity contribution in [2.24, 2.45) is 5.92 Å². The highest BCUT2D eigenvalue weighted by Crippen LogP contribution is 2.27. The van der Waals surface area contributed by atoms with Crippen LogP contribution in [0.25, 0.3) is 11.1 Å². The van der Waals surface area contributed by atoms with Crippen molar-refractivity contribution in [3.8, 4) is 16.9 Å². The van der Waals surface area contributed by atoms with Gasteiger partial charge < -0.3 is 25.2 Å². The number of hydrogen-bond acceptors (Lipinski definition) is 5. The van der Waals surface area contributed by atoms with E-state index in [-0.39, 0.29) is 30.7 Å². The number of hydrogen-bond donors (Lipinski definition) is 3. The zero-order valence-corrected chi connectivity index (χ0v) is 22.3. The summed E-state index contributed by atoms with van der Waals surface area (Å²) in [6, 6.07) is 20.3. The average Bonchev–Trinajstić information content (AvgIpc) is 2.88. The van der Waals surface area contributed by atoms with E-state index in [1.165, 1.54) is 12.1 Å². The molecule has 0 heterocycles. The summed E-state index contributed by atoms with van der Waals surface area (Å²) < 4.78 is 47.1. The van der Waals surface area contributed by atoms with E-state index in [2.05, 4.69) is 29.2 Å². The third-order valence-corrected chi connectivity index (χ3v) is 5.77. The van der Waals surface area contributed by atoms with Crippen molar-refractivity contribution >= 4 is 17.6 Å². The van der Waals surface area contributed by atoms with Gasteiger partial charge in [-0.15, -0.1) is 13.2 Å². The highest BCUT2D eigenvalue weighted by atomic mass is 19.4. The molecule has 0 aliphatic carbocycles. The minimum atomic E-state index is -4.73. The summed E-state index contributed by atoms with van der Waals surface area (Å²) in [7, 11) is 0. The molecule has 0 unspecified atom stereocenters. The first-order chi connectivity index (χ1) is 19.0. The lowest BCUT2D eigenvalue weighted by Gasteiger charge is -2.21. The monoisotopic (exact) mass is 558 g/mol. The first-order valence-corrected chi connectivity index (χ1v) is 12.9. The largest absolute Gasteiger partial charge is 0.573 e. The van der Waals surface area contributed by atoms with Crippen LogP contribution in [0.3, 0.4) is 0 Å². The molecule has 0 saturated heterocycles. The number of carboxylic acids is 1. The minimum absolute atomic E-state index is 0.0556. The summed E-state index contributed by atoms with van der Waals surface area (Å²) in [5.74, 6) is -1.21. The number of ether oxygens (including phenoxy) is 2. The van der Waals surface area contributed by atoms with Crippen LogP contribution >= 0.6 is 0 Å². The summed E-state index contributed by atoms with van der Waals surface area (Å²) in [4.78, 5) is 22.8. The first kappa shape index (κ1) is 30.5. The second-order valence-electron chi connectivity index (χ2n) is 9.72. The van der Waals surface area contributed by atoms with E-state index in [0.717, 1.165) is 22.4 Å². The fourth-order valence-electron chi connectivity index (χ4n) is 3.90. The lowest BCUT2D eigenvalue weighted by Crippen LogP contribution is -2.29. The molecule has 0 aromatic heterocycles. The van der Waals surface area contributed by atoms with E-state index < -0.39 is 12.3 Å². The van der Waals surface area contributed by atoms with Gasteiger partial charge in [0.1, 0.15) is 5.75 Å². The molecular weight excluding hydrogens is 525 g/mol. The third kappa shape index (κ3) is 10.6. The van der Waals surface area contributed by atoms with E-state index in [4.69, 9.17) is 9.84 Å². The van der Waals surface area contributed by atoms with Crippen LogP contribution in [0.2, 0.25) is 0 Å². The second-order valence-corrected chi connectivity index (χ2v) is 9.72. The Morgan fingerprint density at radius 2 is 1.48 bits per heavy atom. The van der Waals surface area contributed by atoms with Crippen LogP contribution in [-0.4, -0.2) is 49.1 Å². The number of benzene rings is 3. The number of alkyl halides is 3. The first-order valence-electron chi connectivity index (χ1n) is 12.9. The number of halogens is 3. The van der Waals surface area contributed by atoms with Gasteiger partial charge in [-0.05, 0) is 65.4 Å². The fraction of sp³-hybridized carbons (Fsp3) is 0.333. The molecule has 0 spiro atoms. The fourth-order valence-corrected chi connectivity index (χ4v) is 3.90. The van der Waals surface area contributed by atoms with Crippen molar-refractivity contribution in [1.82, 2.24) is 5.32 Å². The number of aliphatic carboxylic acids is 1. The molecule has 0 fully saturated rings. The predicted octanol–water partition coefficient (Wildman–Crippen LogP) is 6.15. The Morgan fingerprint density at radius 3 is 2.02 bits per heavy atom. The van der Waals surface area contributed by atoms with Crippen molar-refractivity contribution < 1.29 is 37.3 Å². The maximum atomic E-state index is 12.4. The minimum Gasteiger partial charge on any atom is -0.481 e. The van der Waals surface area contributed by atoms with Crippen LogP contribution < -0.4 is 15.4 Å². The third-order valence-electron chi connectivity index (χ3n) is 5.77. The van der Waals surface area contributed by atoms with Crippen molar-refractivity contribution in [1.29, 1.82) is 0 Å². The molecule has 3 aromatic carbocycles. The Kier molecular flexibility index (Phi) is 11.0. The van der Waals surface area contributed by atoms with E-state index >= 15 is 0 Å². The van der Waals surface area contributed by atoms with Gasteiger partial charge in [0.25, 0.3) is 5.91 Å². The van der Waals surface area contributed by atoms with Crippen LogP contribution in [-0.2, 0) is 16.0 Å². The standard InChI is InChI=1S/C30H33F3N2O5/c1-20(2)18-39-19-26(35-25-11-7-24(8-12-25)29(38)34-16-15-28(36)37)17-21-3-5-22(6-4-21)23-9-13-27(14-10-23)40-30(31,32)33/h3-14,20,26,35H,15-19H2,1-2H3,(H,34,38)(H,36,37)/t26-/m0/s1. The topological polar surface area (TPSA) is 96.9 Å². The smallest absolute Gasteiger partial charge is 0.481 e. The Hall–Kier alpha value is -4.05. The van der Waals surface area contributed by atoms with Gasteiger partial charge in [-0.2, -0.15) is 0 Å². The van der Waals surface area contributed by atoms with Gasteiger partial charge in [0.2, 0.25) is 0 Å². The summed E-state index contributed by atoms with van der Waals surface area (Å²) in [6.07, 6.45) is -4.23. The summed E-state index contributed by atoms with van der Waals surface area (Å²) >= 11 is 0. The number of rotatable bonds is 14. The molecule has 0 bridgehead atoms. The van der Waals surface area contributed by atoms with Crippen LogP contribution in [0, 0.1) is 5.92 Å². The molecule has 3 rings (SSSR count). The van der Waals surface area contributed by atoms with Crippen molar-refractivity contribution in [2.45, 2.75) is 39.1 Å². The highest BCUT2D eigenvalue weighted by Gasteiger charge is 2.31. The van der Waals surface area contributed by atoms with Gasteiger partial charge in [0.15, 0.2) is 0 Å². The molecule has 10 heteroatoms. The quantitative estimate of drug-likeness (QED) is 0.220. The van der Waals surface area contributed by atoms with Gasteiger partial charge in [0.05, 0.1) is 19.1 Å². The SMILES string of the molecule is CC(C)COC[C@H](Cc1ccc(-c2ccc(OC(F)(F)F)cc2)cc1)Nc1ccc(C(=O)NCCC(=O)O)cc1. The van der Waals surface area contributed by atoms with E-state index in [1.54, 1.807) is 36.4 Å². The van der Waals surface area contributed by atoms with Gasteiger partial charge >= 0.3 is 12.3 Å². The van der Waals surface area contributed by atoms with Crippen LogP contribution in [0.15, 0.2) is 72.8 Å². The van der Waals surface area contributed by atoms with Gasteiger partial charge in [-0.3, -0.25) is 9.59 Å². The normalized spacial score (nSPS) is 12.2. The van der Waals surface area contributed by atoms with E-state index in [0.29, 0.717) is 31.1 Å². The number of amides is 1. The average molecular weight is 559 g/mol. The Labute approximate surface area is 231 Å². The molecule has 3 aromatic rings.